The Bertz CT molecular complexity index is 756. The summed E-state index contributed by atoms with van der Waals surface area (Å²) in [5.41, 5.74) is 2.02. The zero-order valence-electron chi connectivity index (χ0n) is 10.8. The molecule has 6 heteroatoms. The fourth-order valence-electron chi connectivity index (χ4n) is 1.76. The van der Waals surface area contributed by atoms with E-state index in [9.17, 15) is 9.18 Å². The summed E-state index contributed by atoms with van der Waals surface area (Å²) >= 11 is 1.32. The number of thiazole rings is 1. The summed E-state index contributed by atoms with van der Waals surface area (Å²) in [6.45, 7) is 0. The molecule has 0 aliphatic rings. The van der Waals surface area contributed by atoms with Crippen LogP contribution in [-0.4, -0.2) is 15.9 Å². The number of anilines is 1. The summed E-state index contributed by atoms with van der Waals surface area (Å²) in [5, 5.41) is 5.04. The number of nitrogens with zero attached hydrogens (tertiary/aromatic N) is 2. The minimum Gasteiger partial charge on any atom is -0.298 e. The van der Waals surface area contributed by atoms with Gasteiger partial charge in [-0.25, -0.2) is 9.37 Å². The third kappa shape index (κ3) is 3.11. The Kier molecular flexibility index (Phi) is 3.70. The Morgan fingerprint density at radius 1 is 1.10 bits per heavy atom. The molecule has 0 fully saturated rings. The molecular weight excluding hydrogens is 289 g/mol. The van der Waals surface area contributed by atoms with Crippen LogP contribution in [0.2, 0.25) is 0 Å². The smallest absolute Gasteiger partial charge is 0.257 e. The van der Waals surface area contributed by atoms with Crippen LogP contribution >= 0.6 is 11.3 Å². The van der Waals surface area contributed by atoms with Gasteiger partial charge in [0.25, 0.3) is 5.91 Å². The van der Waals surface area contributed by atoms with Crippen molar-refractivity contribution < 1.29 is 9.18 Å². The van der Waals surface area contributed by atoms with Gasteiger partial charge in [-0.2, -0.15) is 0 Å². The van der Waals surface area contributed by atoms with Crippen molar-refractivity contribution in [1.29, 1.82) is 0 Å². The minimum absolute atomic E-state index is 0.239. The van der Waals surface area contributed by atoms with Crippen LogP contribution in [-0.2, 0) is 0 Å². The largest absolute Gasteiger partial charge is 0.298 e. The van der Waals surface area contributed by atoms with E-state index < -0.39 is 0 Å². The molecule has 0 radical (unpaired) electrons. The lowest BCUT2D eigenvalue weighted by Crippen LogP contribution is -2.11. The van der Waals surface area contributed by atoms with Gasteiger partial charge < -0.3 is 0 Å². The van der Waals surface area contributed by atoms with Gasteiger partial charge >= 0.3 is 0 Å². The number of aromatic nitrogens is 2. The van der Waals surface area contributed by atoms with Gasteiger partial charge in [0.05, 0.1) is 5.69 Å². The molecule has 0 bridgehead atoms. The van der Waals surface area contributed by atoms with Crippen LogP contribution in [0.3, 0.4) is 0 Å². The fraction of sp³-hybridized carbons (Fsp3) is 0. The molecule has 0 aliphatic carbocycles. The van der Waals surface area contributed by atoms with Crippen LogP contribution in [0.4, 0.5) is 9.52 Å². The molecule has 0 saturated heterocycles. The lowest BCUT2D eigenvalue weighted by atomic mass is 10.2. The maximum atomic E-state index is 12.9. The van der Waals surface area contributed by atoms with E-state index in [0.717, 1.165) is 5.56 Å². The van der Waals surface area contributed by atoms with E-state index >= 15 is 0 Å². The summed E-state index contributed by atoms with van der Waals surface area (Å²) < 4.78 is 12.9. The van der Waals surface area contributed by atoms with Crippen molar-refractivity contribution in [2.75, 3.05) is 5.32 Å². The zero-order valence-corrected chi connectivity index (χ0v) is 11.6. The van der Waals surface area contributed by atoms with Crippen molar-refractivity contribution in [2.24, 2.45) is 0 Å². The highest BCUT2D eigenvalue weighted by molar-refractivity contribution is 7.14. The highest BCUT2D eigenvalue weighted by atomic mass is 32.1. The van der Waals surface area contributed by atoms with Crippen molar-refractivity contribution in [2.45, 2.75) is 0 Å². The van der Waals surface area contributed by atoms with Crippen molar-refractivity contribution in [3.8, 4) is 11.3 Å². The summed E-state index contributed by atoms with van der Waals surface area (Å²) in [6.07, 6.45) is 3.11. The topological polar surface area (TPSA) is 54.9 Å². The third-order valence-corrected chi connectivity index (χ3v) is 3.56. The van der Waals surface area contributed by atoms with E-state index in [1.165, 1.54) is 23.5 Å². The molecule has 21 heavy (non-hydrogen) atoms. The van der Waals surface area contributed by atoms with Crippen LogP contribution in [0.25, 0.3) is 11.3 Å². The number of hydrogen-bond donors (Lipinski definition) is 1. The molecule has 1 aromatic carbocycles. The zero-order chi connectivity index (χ0) is 14.7. The summed E-state index contributed by atoms with van der Waals surface area (Å²) in [4.78, 5) is 20.2. The Balaban J connectivity index is 1.76. The quantitative estimate of drug-likeness (QED) is 0.804. The van der Waals surface area contributed by atoms with Crippen molar-refractivity contribution >= 4 is 22.4 Å². The third-order valence-electron chi connectivity index (χ3n) is 2.81. The van der Waals surface area contributed by atoms with Crippen LogP contribution in [0.5, 0.6) is 0 Å². The first-order valence-electron chi connectivity index (χ1n) is 6.15. The first kappa shape index (κ1) is 13.4. The highest BCUT2D eigenvalue weighted by Gasteiger charge is 2.09. The molecule has 1 amide bonds. The van der Waals surface area contributed by atoms with E-state index in [0.29, 0.717) is 16.4 Å². The van der Waals surface area contributed by atoms with Gasteiger partial charge in [-0.1, -0.05) is 0 Å². The van der Waals surface area contributed by atoms with Gasteiger partial charge in [0.2, 0.25) is 0 Å². The average Bonchev–Trinajstić information content (AvgIpc) is 2.97. The number of hydrogen-bond acceptors (Lipinski definition) is 4. The molecule has 3 rings (SSSR count). The van der Waals surface area contributed by atoms with Gasteiger partial charge in [0, 0.05) is 28.9 Å². The molecule has 0 spiro atoms. The van der Waals surface area contributed by atoms with Gasteiger partial charge in [-0.3, -0.25) is 15.1 Å². The number of benzene rings is 1. The van der Waals surface area contributed by atoms with E-state index in [1.54, 1.807) is 36.7 Å². The molecule has 0 aliphatic heterocycles. The minimum atomic E-state index is -0.291. The lowest BCUT2D eigenvalue weighted by molar-refractivity contribution is 0.102. The van der Waals surface area contributed by atoms with Crippen LogP contribution < -0.4 is 5.32 Å². The average molecular weight is 299 g/mol. The molecule has 2 heterocycles. The number of carbonyl (C=O) groups is 1. The first-order chi connectivity index (χ1) is 10.2. The van der Waals surface area contributed by atoms with Gasteiger partial charge in [0.1, 0.15) is 5.82 Å². The molecule has 0 saturated carbocycles. The van der Waals surface area contributed by atoms with Crippen LogP contribution in [0.1, 0.15) is 10.4 Å². The van der Waals surface area contributed by atoms with E-state index in [-0.39, 0.29) is 11.7 Å². The number of amides is 1. The van der Waals surface area contributed by atoms with Gasteiger partial charge in [-0.05, 0) is 36.4 Å². The normalized spacial score (nSPS) is 10.3. The Hall–Kier alpha value is -2.60. The number of carbonyl (C=O) groups excluding carboxylic acids is 1. The molecule has 1 N–H and O–H groups in total. The van der Waals surface area contributed by atoms with E-state index in [2.05, 4.69) is 15.3 Å². The molecule has 4 nitrogen and oxygen atoms in total. The summed E-state index contributed by atoms with van der Waals surface area (Å²) in [6, 6.07) is 9.32. The fourth-order valence-corrected chi connectivity index (χ4v) is 2.47. The standard InChI is InChI=1S/C15H10FN3OS/c16-12-3-1-10(2-4-12)13-9-21-15(18-13)19-14(20)11-5-7-17-8-6-11/h1-9H,(H,18,19,20). The summed E-state index contributed by atoms with van der Waals surface area (Å²) in [7, 11) is 0. The van der Waals surface area contributed by atoms with E-state index in [4.69, 9.17) is 0 Å². The van der Waals surface area contributed by atoms with E-state index in [1.807, 2.05) is 5.38 Å². The second-order valence-electron chi connectivity index (χ2n) is 4.23. The molecule has 3 aromatic rings. The molecule has 0 atom stereocenters. The SMILES string of the molecule is O=C(Nc1nc(-c2ccc(F)cc2)cs1)c1ccncc1. The molecule has 2 aromatic heterocycles. The second-order valence-corrected chi connectivity index (χ2v) is 5.09. The van der Waals surface area contributed by atoms with Crippen LogP contribution in [0.15, 0.2) is 54.2 Å². The Morgan fingerprint density at radius 2 is 1.81 bits per heavy atom. The summed E-state index contributed by atoms with van der Waals surface area (Å²) in [5.74, 6) is -0.530. The maximum absolute atomic E-state index is 12.9. The number of nitrogens with one attached hydrogen (secondary N) is 1. The maximum Gasteiger partial charge on any atom is 0.257 e. The predicted octanol–water partition coefficient (Wildman–Crippen LogP) is 3.60. The van der Waals surface area contributed by atoms with Gasteiger partial charge in [-0.15, -0.1) is 11.3 Å². The Morgan fingerprint density at radius 3 is 2.52 bits per heavy atom. The van der Waals surface area contributed by atoms with Gasteiger partial charge in [0.15, 0.2) is 5.13 Å². The lowest BCUT2D eigenvalue weighted by Gasteiger charge is -2.00. The molecule has 104 valence electrons. The van der Waals surface area contributed by atoms with Crippen molar-refractivity contribution in [3.05, 3.63) is 65.6 Å². The molecular formula is C15H10FN3OS. The molecule has 0 unspecified atom stereocenters. The van der Waals surface area contributed by atoms with Crippen LogP contribution in [0, 0.1) is 5.82 Å². The number of rotatable bonds is 3. The first-order valence-corrected chi connectivity index (χ1v) is 7.03. The number of pyridine rings is 1. The van der Waals surface area contributed by atoms with Crippen molar-refractivity contribution in [1.82, 2.24) is 9.97 Å². The van der Waals surface area contributed by atoms with Crippen molar-refractivity contribution in [3.63, 3.8) is 0 Å². The Labute approximate surface area is 124 Å². The number of halogens is 1. The highest BCUT2D eigenvalue weighted by Crippen LogP contribution is 2.25. The monoisotopic (exact) mass is 299 g/mol. The predicted molar refractivity (Wildman–Crippen MR) is 79.7 cm³/mol. The second kappa shape index (κ2) is 5.80.